The molecule has 0 bridgehead atoms. The second-order valence-electron chi connectivity index (χ2n) is 5.31. The van der Waals surface area contributed by atoms with Crippen molar-refractivity contribution in [2.45, 2.75) is 64.0 Å². The Morgan fingerprint density at radius 2 is 2.06 bits per heavy atom. The van der Waals surface area contributed by atoms with Crippen molar-refractivity contribution in [1.29, 1.82) is 0 Å². The van der Waals surface area contributed by atoms with E-state index in [4.69, 9.17) is 9.47 Å². The van der Waals surface area contributed by atoms with Crippen molar-refractivity contribution in [3.8, 4) is 0 Å². The molecule has 106 valence electrons. The molecule has 1 saturated carbocycles. The van der Waals surface area contributed by atoms with Crippen LogP contribution in [0.2, 0.25) is 0 Å². The van der Waals surface area contributed by atoms with Crippen LogP contribution in [0.5, 0.6) is 0 Å². The second kappa shape index (κ2) is 7.74. The fourth-order valence-electron chi connectivity index (χ4n) is 2.07. The van der Waals surface area contributed by atoms with Crippen LogP contribution in [-0.4, -0.2) is 37.9 Å². The molecule has 0 heterocycles. The summed E-state index contributed by atoms with van der Waals surface area (Å²) in [4.78, 5) is 11.8. The van der Waals surface area contributed by atoms with Gasteiger partial charge in [0.05, 0.1) is 7.11 Å². The Labute approximate surface area is 110 Å². The zero-order chi connectivity index (χ0) is 13.4. The van der Waals surface area contributed by atoms with E-state index >= 15 is 0 Å². The zero-order valence-electron chi connectivity index (χ0n) is 12.0. The molecule has 0 amide bonds. The van der Waals surface area contributed by atoms with E-state index in [0.717, 1.165) is 38.9 Å². The van der Waals surface area contributed by atoms with E-state index < -0.39 is 5.54 Å². The van der Waals surface area contributed by atoms with E-state index in [0.29, 0.717) is 6.04 Å². The Bertz CT molecular complexity index is 253. The first-order valence-electron chi connectivity index (χ1n) is 7.06. The van der Waals surface area contributed by atoms with E-state index in [2.05, 4.69) is 12.2 Å². The molecule has 0 aliphatic heterocycles. The van der Waals surface area contributed by atoms with Crippen molar-refractivity contribution in [3.63, 3.8) is 0 Å². The second-order valence-corrected chi connectivity index (χ2v) is 5.31. The number of unbranched alkanes of at least 4 members (excludes halogenated alkanes) is 1. The molecule has 1 atom stereocenters. The largest absolute Gasteiger partial charge is 0.468 e. The predicted octanol–water partition coefficient (Wildman–Crippen LogP) is 2.27. The summed E-state index contributed by atoms with van der Waals surface area (Å²) < 4.78 is 10.3. The third kappa shape index (κ3) is 5.36. The monoisotopic (exact) mass is 257 g/mol. The van der Waals surface area contributed by atoms with Crippen LogP contribution in [-0.2, 0) is 14.3 Å². The van der Waals surface area contributed by atoms with Crippen molar-refractivity contribution in [1.82, 2.24) is 5.32 Å². The van der Waals surface area contributed by atoms with Crippen LogP contribution in [0.15, 0.2) is 0 Å². The molecular formula is C14H27NO3. The summed E-state index contributed by atoms with van der Waals surface area (Å²) >= 11 is 0. The van der Waals surface area contributed by atoms with Crippen LogP contribution in [0.25, 0.3) is 0 Å². The SMILES string of the molecule is CCCOCCCCC(C)(NC1CC1)C(=O)OC. The number of carbonyl (C=O) groups excluding carboxylic acids is 1. The smallest absolute Gasteiger partial charge is 0.325 e. The van der Waals surface area contributed by atoms with Crippen LogP contribution in [0, 0.1) is 0 Å². The Hall–Kier alpha value is -0.610. The van der Waals surface area contributed by atoms with Crippen molar-refractivity contribution in [3.05, 3.63) is 0 Å². The maximum absolute atomic E-state index is 11.8. The first kappa shape index (κ1) is 15.4. The van der Waals surface area contributed by atoms with Gasteiger partial charge < -0.3 is 9.47 Å². The number of hydrogen-bond donors (Lipinski definition) is 1. The van der Waals surface area contributed by atoms with Gasteiger partial charge in [-0.25, -0.2) is 0 Å². The lowest BCUT2D eigenvalue weighted by Crippen LogP contribution is -2.51. The van der Waals surface area contributed by atoms with Gasteiger partial charge in [-0.2, -0.15) is 0 Å². The lowest BCUT2D eigenvalue weighted by Gasteiger charge is -2.28. The molecule has 0 aromatic heterocycles. The van der Waals surface area contributed by atoms with Gasteiger partial charge in [-0.05, 0) is 45.4 Å². The molecule has 18 heavy (non-hydrogen) atoms. The average Bonchev–Trinajstić information content (AvgIpc) is 3.16. The van der Waals surface area contributed by atoms with Crippen molar-refractivity contribution in [2.24, 2.45) is 0 Å². The van der Waals surface area contributed by atoms with Gasteiger partial charge in [0.25, 0.3) is 0 Å². The molecule has 0 spiro atoms. The quantitative estimate of drug-likeness (QED) is 0.482. The van der Waals surface area contributed by atoms with E-state index in [1.165, 1.54) is 20.0 Å². The summed E-state index contributed by atoms with van der Waals surface area (Å²) in [6.45, 7) is 5.67. The minimum atomic E-state index is -0.527. The van der Waals surface area contributed by atoms with Gasteiger partial charge in [-0.15, -0.1) is 0 Å². The highest BCUT2D eigenvalue weighted by Crippen LogP contribution is 2.26. The molecule has 4 heteroatoms. The normalized spacial score (nSPS) is 18.4. The molecule has 4 nitrogen and oxygen atoms in total. The number of hydrogen-bond acceptors (Lipinski definition) is 4. The van der Waals surface area contributed by atoms with Crippen LogP contribution >= 0.6 is 0 Å². The van der Waals surface area contributed by atoms with E-state index in [-0.39, 0.29) is 5.97 Å². The summed E-state index contributed by atoms with van der Waals surface area (Å²) in [7, 11) is 1.46. The number of nitrogens with one attached hydrogen (secondary N) is 1. The number of ether oxygens (including phenoxy) is 2. The molecule has 1 rings (SSSR count). The lowest BCUT2D eigenvalue weighted by molar-refractivity contribution is -0.148. The van der Waals surface area contributed by atoms with Crippen molar-refractivity contribution >= 4 is 5.97 Å². The zero-order valence-corrected chi connectivity index (χ0v) is 12.0. The molecule has 0 radical (unpaired) electrons. The molecule has 1 aliphatic rings. The van der Waals surface area contributed by atoms with Gasteiger partial charge in [0, 0.05) is 19.3 Å². The number of carbonyl (C=O) groups is 1. The Morgan fingerprint density at radius 1 is 1.33 bits per heavy atom. The van der Waals surface area contributed by atoms with Crippen LogP contribution in [0.1, 0.15) is 52.4 Å². The first-order valence-corrected chi connectivity index (χ1v) is 7.06. The van der Waals surface area contributed by atoms with Gasteiger partial charge in [0.2, 0.25) is 0 Å². The van der Waals surface area contributed by atoms with Gasteiger partial charge in [0.1, 0.15) is 5.54 Å². The molecule has 0 aromatic carbocycles. The lowest BCUT2D eigenvalue weighted by atomic mass is 9.94. The molecule has 1 unspecified atom stereocenters. The molecule has 1 aliphatic carbocycles. The summed E-state index contributed by atoms with van der Waals surface area (Å²) in [5.41, 5.74) is -0.527. The van der Waals surface area contributed by atoms with Crippen LogP contribution < -0.4 is 5.32 Å². The first-order chi connectivity index (χ1) is 8.62. The summed E-state index contributed by atoms with van der Waals surface area (Å²) in [5, 5.41) is 3.40. The molecule has 0 aromatic rings. The highest BCUT2D eigenvalue weighted by Gasteiger charge is 2.38. The molecule has 1 fully saturated rings. The van der Waals surface area contributed by atoms with Gasteiger partial charge in [-0.3, -0.25) is 10.1 Å². The Kier molecular flexibility index (Phi) is 6.65. The Morgan fingerprint density at radius 3 is 2.61 bits per heavy atom. The van der Waals surface area contributed by atoms with Crippen LogP contribution in [0.3, 0.4) is 0 Å². The van der Waals surface area contributed by atoms with Gasteiger partial charge >= 0.3 is 5.97 Å². The maximum Gasteiger partial charge on any atom is 0.325 e. The minimum Gasteiger partial charge on any atom is -0.468 e. The summed E-state index contributed by atoms with van der Waals surface area (Å²) in [5.74, 6) is -0.149. The summed E-state index contributed by atoms with van der Waals surface area (Å²) in [6.07, 6.45) is 6.20. The minimum absolute atomic E-state index is 0.149. The number of rotatable bonds is 10. The summed E-state index contributed by atoms with van der Waals surface area (Å²) in [6, 6.07) is 0.505. The average molecular weight is 257 g/mol. The molecular weight excluding hydrogens is 230 g/mol. The highest BCUT2D eigenvalue weighted by molar-refractivity contribution is 5.80. The third-order valence-corrected chi connectivity index (χ3v) is 3.30. The van der Waals surface area contributed by atoms with E-state index in [1.807, 2.05) is 6.92 Å². The van der Waals surface area contributed by atoms with Crippen molar-refractivity contribution < 1.29 is 14.3 Å². The fourth-order valence-corrected chi connectivity index (χ4v) is 2.07. The van der Waals surface area contributed by atoms with Crippen molar-refractivity contribution in [2.75, 3.05) is 20.3 Å². The standard InChI is InChI=1S/C14H27NO3/c1-4-10-18-11-6-5-9-14(2,13(16)17-3)15-12-7-8-12/h12,15H,4-11H2,1-3H3. The number of methoxy groups -OCH3 is 1. The molecule has 0 saturated heterocycles. The van der Waals surface area contributed by atoms with Gasteiger partial charge in [0.15, 0.2) is 0 Å². The Balaban J connectivity index is 2.25. The third-order valence-electron chi connectivity index (χ3n) is 3.30. The topological polar surface area (TPSA) is 47.6 Å². The van der Waals surface area contributed by atoms with Crippen LogP contribution in [0.4, 0.5) is 0 Å². The molecule has 1 N–H and O–H groups in total. The predicted molar refractivity (Wildman–Crippen MR) is 71.5 cm³/mol. The van der Waals surface area contributed by atoms with E-state index in [1.54, 1.807) is 0 Å². The van der Waals surface area contributed by atoms with Gasteiger partial charge in [-0.1, -0.05) is 6.92 Å². The fraction of sp³-hybridized carbons (Fsp3) is 0.929. The van der Waals surface area contributed by atoms with E-state index in [9.17, 15) is 4.79 Å². The maximum atomic E-state index is 11.8. The number of esters is 1. The highest BCUT2D eigenvalue weighted by atomic mass is 16.5.